The summed E-state index contributed by atoms with van der Waals surface area (Å²) in [5.41, 5.74) is 0.624. The number of aliphatic hydroxyl groups is 1. The van der Waals surface area contributed by atoms with Gasteiger partial charge in [0.1, 0.15) is 5.69 Å². The molecule has 1 saturated heterocycles. The summed E-state index contributed by atoms with van der Waals surface area (Å²) in [7, 11) is 0. The summed E-state index contributed by atoms with van der Waals surface area (Å²) in [6.07, 6.45) is 2.87. The van der Waals surface area contributed by atoms with E-state index in [9.17, 15) is 0 Å². The molecule has 2 heterocycles. The Kier molecular flexibility index (Phi) is 2.56. The summed E-state index contributed by atoms with van der Waals surface area (Å²) in [4.78, 5) is 0. The van der Waals surface area contributed by atoms with Crippen LogP contribution in [0.3, 0.4) is 0 Å². The van der Waals surface area contributed by atoms with Crippen molar-refractivity contribution in [1.82, 2.24) is 15.0 Å². The van der Waals surface area contributed by atoms with E-state index in [2.05, 4.69) is 10.3 Å². The van der Waals surface area contributed by atoms with Crippen molar-refractivity contribution in [1.29, 1.82) is 0 Å². The van der Waals surface area contributed by atoms with Gasteiger partial charge in [0.05, 0.1) is 19.4 Å². The standard InChI is InChI=1S/C8H13N3O2/c12-5-8-4-11(10-9-8)3-7-1-2-13-6-7/h4,7,12H,1-3,5-6H2/t7-/m1/s1. The molecule has 1 aliphatic rings. The molecule has 0 bridgehead atoms. The Morgan fingerprint density at radius 3 is 3.23 bits per heavy atom. The van der Waals surface area contributed by atoms with Crippen molar-refractivity contribution in [3.05, 3.63) is 11.9 Å². The second-order valence-electron chi connectivity index (χ2n) is 3.32. The predicted octanol–water partition coefficient (Wildman–Crippen LogP) is -0.193. The van der Waals surface area contributed by atoms with Gasteiger partial charge in [-0.2, -0.15) is 0 Å². The molecule has 72 valence electrons. The molecule has 13 heavy (non-hydrogen) atoms. The Hall–Kier alpha value is -0.940. The maximum atomic E-state index is 8.77. The quantitative estimate of drug-likeness (QED) is 0.705. The second-order valence-corrected chi connectivity index (χ2v) is 3.32. The van der Waals surface area contributed by atoms with Gasteiger partial charge in [-0.05, 0) is 6.42 Å². The van der Waals surface area contributed by atoms with Crippen LogP contribution >= 0.6 is 0 Å². The fourth-order valence-electron chi connectivity index (χ4n) is 1.49. The lowest BCUT2D eigenvalue weighted by atomic mass is 10.1. The van der Waals surface area contributed by atoms with Crippen LogP contribution in [0.25, 0.3) is 0 Å². The van der Waals surface area contributed by atoms with Gasteiger partial charge in [-0.25, -0.2) is 0 Å². The molecule has 1 N–H and O–H groups in total. The SMILES string of the molecule is OCc1cn(C[C@H]2CCOC2)nn1. The third kappa shape index (κ3) is 2.05. The van der Waals surface area contributed by atoms with Crippen LogP contribution in [0.15, 0.2) is 6.20 Å². The molecule has 0 aromatic carbocycles. The molecule has 1 fully saturated rings. The molecular formula is C8H13N3O2. The molecule has 5 nitrogen and oxygen atoms in total. The first-order chi connectivity index (χ1) is 6.38. The predicted molar refractivity (Wildman–Crippen MR) is 44.9 cm³/mol. The van der Waals surface area contributed by atoms with Crippen LogP contribution < -0.4 is 0 Å². The fraction of sp³-hybridized carbons (Fsp3) is 0.750. The topological polar surface area (TPSA) is 60.2 Å². The average Bonchev–Trinajstić information content (AvgIpc) is 2.76. The largest absolute Gasteiger partial charge is 0.390 e. The molecule has 1 aromatic rings. The number of aliphatic hydroxyl groups excluding tert-OH is 1. The summed E-state index contributed by atoms with van der Waals surface area (Å²) in [5.74, 6) is 0.549. The van der Waals surface area contributed by atoms with Crippen LogP contribution in [0.5, 0.6) is 0 Å². The highest BCUT2D eigenvalue weighted by atomic mass is 16.5. The molecule has 1 aromatic heterocycles. The Balaban J connectivity index is 1.92. The Labute approximate surface area is 76.3 Å². The van der Waals surface area contributed by atoms with Crippen LogP contribution in [0, 0.1) is 5.92 Å². The summed E-state index contributed by atoms with van der Waals surface area (Å²) < 4.78 is 7.02. The molecule has 5 heteroatoms. The van der Waals surface area contributed by atoms with Crippen molar-refractivity contribution in [3.63, 3.8) is 0 Å². The van der Waals surface area contributed by atoms with Crippen LogP contribution in [0.2, 0.25) is 0 Å². The van der Waals surface area contributed by atoms with E-state index in [0.717, 1.165) is 26.2 Å². The van der Waals surface area contributed by atoms with Gasteiger partial charge in [0.2, 0.25) is 0 Å². The molecule has 0 spiro atoms. The van der Waals surface area contributed by atoms with Gasteiger partial charge in [0.25, 0.3) is 0 Å². The van der Waals surface area contributed by atoms with Crippen LogP contribution in [0.1, 0.15) is 12.1 Å². The van der Waals surface area contributed by atoms with E-state index in [1.807, 2.05) is 0 Å². The highest BCUT2D eigenvalue weighted by molar-refractivity contribution is 4.89. The van der Waals surface area contributed by atoms with E-state index in [1.165, 1.54) is 0 Å². The van der Waals surface area contributed by atoms with Crippen LogP contribution in [0.4, 0.5) is 0 Å². The maximum Gasteiger partial charge on any atom is 0.108 e. The number of rotatable bonds is 3. The highest BCUT2D eigenvalue weighted by Gasteiger charge is 2.16. The molecule has 0 unspecified atom stereocenters. The lowest BCUT2D eigenvalue weighted by Gasteiger charge is -2.05. The van der Waals surface area contributed by atoms with Crippen molar-refractivity contribution in [2.45, 2.75) is 19.6 Å². The highest BCUT2D eigenvalue weighted by Crippen LogP contribution is 2.13. The van der Waals surface area contributed by atoms with E-state index in [4.69, 9.17) is 9.84 Å². The zero-order valence-electron chi connectivity index (χ0n) is 7.39. The van der Waals surface area contributed by atoms with Gasteiger partial charge in [0.15, 0.2) is 0 Å². The Bertz CT molecular complexity index is 268. The third-order valence-electron chi connectivity index (χ3n) is 2.22. The maximum absolute atomic E-state index is 8.77. The normalized spacial score (nSPS) is 22.4. The zero-order valence-corrected chi connectivity index (χ0v) is 7.39. The van der Waals surface area contributed by atoms with Gasteiger partial charge < -0.3 is 9.84 Å². The first-order valence-electron chi connectivity index (χ1n) is 4.46. The molecule has 0 saturated carbocycles. The van der Waals surface area contributed by atoms with Crippen molar-refractivity contribution in [2.75, 3.05) is 13.2 Å². The molecule has 1 atom stereocenters. The lowest BCUT2D eigenvalue weighted by Crippen LogP contribution is -2.11. The molecule has 1 aliphatic heterocycles. The number of aromatic nitrogens is 3. The van der Waals surface area contributed by atoms with Crippen molar-refractivity contribution in [2.24, 2.45) is 5.92 Å². The number of ether oxygens (including phenoxy) is 1. The average molecular weight is 183 g/mol. The number of hydrogen-bond acceptors (Lipinski definition) is 4. The summed E-state index contributed by atoms with van der Waals surface area (Å²) in [6, 6.07) is 0. The Morgan fingerprint density at radius 1 is 1.69 bits per heavy atom. The van der Waals surface area contributed by atoms with Gasteiger partial charge in [-0.3, -0.25) is 4.68 Å². The van der Waals surface area contributed by atoms with E-state index in [1.54, 1.807) is 10.9 Å². The fourth-order valence-corrected chi connectivity index (χ4v) is 1.49. The second kappa shape index (κ2) is 3.85. The third-order valence-corrected chi connectivity index (χ3v) is 2.22. The van der Waals surface area contributed by atoms with Crippen LogP contribution in [-0.4, -0.2) is 33.3 Å². The minimum Gasteiger partial charge on any atom is -0.390 e. The van der Waals surface area contributed by atoms with E-state index in [0.29, 0.717) is 11.6 Å². The number of hydrogen-bond donors (Lipinski definition) is 1. The minimum atomic E-state index is -0.0405. The smallest absolute Gasteiger partial charge is 0.108 e. The van der Waals surface area contributed by atoms with Gasteiger partial charge in [-0.15, -0.1) is 5.10 Å². The number of nitrogens with zero attached hydrogens (tertiary/aromatic N) is 3. The van der Waals surface area contributed by atoms with Crippen molar-refractivity contribution < 1.29 is 9.84 Å². The molecule has 2 rings (SSSR count). The Morgan fingerprint density at radius 2 is 2.62 bits per heavy atom. The molecule has 0 amide bonds. The minimum absolute atomic E-state index is 0.0405. The van der Waals surface area contributed by atoms with E-state index >= 15 is 0 Å². The summed E-state index contributed by atoms with van der Waals surface area (Å²) in [5, 5.41) is 16.5. The van der Waals surface area contributed by atoms with E-state index in [-0.39, 0.29) is 6.61 Å². The lowest BCUT2D eigenvalue weighted by molar-refractivity contribution is 0.181. The van der Waals surface area contributed by atoms with Crippen LogP contribution in [-0.2, 0) is 17.9 Å². The zero-order chi connectivity index (χ0) is 9.10. The molecular weight excluding hydrogens is 170 g/mol. The van der Waals surface area contributed by atoms with Crippen molar-refractivity contribution >= 4 is 0 Å². The molecule has 0 radical (unpaired) electrons. The summed E-state index contributed by atoms with van der Waals surface area (Å²) >= 11 is 0. The summed E-state index contributed by atoms with van der Waals surface area (Å²) in [6.45, 7) is 2.47. The first-order valence-corrected chi connectivity index (χ1v) is 4.46. The van der Waals surface area contributed by atoms with Gasteiger partial charge in [0, 0.05) is 19.1 Å². The molecule has 0 aliphatic carbocycles. The van der Waals surface area contributed by atoms with Gasteiger partial charge in [-0.1, -0.05) is 5.21 Å². The van der Waals surface area contributed by atoms with Crippen molar-refractivity contribution in [3.8, 4) is 0 Å². The van der Waals surface area contributed by atoms with E-state index < -0.39 is 0 Å². The first kappa shape index (κ1) is 8.65. The monoisotopic (exact) mass is 183 g/mol. The van der Waals surface area contributed by atoms with Gasteiger partial charge >= 0.3 is 0 Å².